The Morgan fingerprint density at radius 1 is 1.19 bits per heavy atom. The van der Waals surface area contributed by atoms with Gasteiger partial charge in [0.25, 0.3) is 0 Å². The molecule has 1 aliphatic rings. The molecule has 0 unspecified atom stereocenters. The van der Waals surface area contributed by atoms with Crippen LogP contribution in [-0.4, -0.2) is 66.5 Å². The summed E-state index contributed by atoms with van der Waals surface area (Å²) in [6, 6.07) is 5.05. The van der Waals surface area contributed by atoms with Crippen LogP contribution in [0.15, 0.2) is 24.3 Å². The molecular formula is C16H21F3N4O2S. The van der Waals surface area contributed by atoms with Gasteiger partial charge in [-0.05, 0) is 43.4 Å². The van der Waals surface area contributed by atoms with Crippen molar-refractivity contribution in [3.05, 3.63) is 24.3 Å². The number of carbonyl (C=O) groups excluding carboxylic acids is 1. The van der Waals surface area contributed by atoms with Gasteiger partial charge < -0.3 is 20.3 Å². The Hall–Kier alpha value is -2.07. The van der Waals surface area contributed by atoms with E-state index in [1.165, 1.54) is 12.1 Å². The number of benzene rings is 1. The third-order valence-electron chi connectivity index (χ3n) is 3.73. The molecule has 1 heterocycles. The van der Waals surface area contributed by atoms with E-state index in [-0.39, 0.29) is 18.2 Å². The van der Waals surface area contributed by atoms with Crippen LogP contribution < -0.4 is 15.4 Å². The SMILES string of the molecule is CCNC(=S)N1CCN(CC(=O)Nc2ccc(OC(F)(F)F)cc2)CC1. The Bertz CT molecular complexity index is 617. The number of alkyl halides is 3. The number of rotatable bonds is 5. The molecule has 0 saturated carbocycles. The highest BCUT2D eigenvalue weighted by Crippen LogP contribution is 2.23. The van der Waals surface area contributed by atoms with Crippen molar-refractivity contribution in [2.24, 2.45) is 0 Å². The van der Waals surface area contributed by atoms with Crippen LogP contribution in [0, 0.1) is 0 Å². The topological polar surface area (TPSA) is 56.8 Å². The van der Waals surface area contributed by atoms with Crippen molar-refractivity contribution in [1.29, 1.82) is 0 Å². The lowest BCUT2D eigenvalue weighted by Gasteiger charge is -2.35. The van der Waals surface area contributed by atoms with Gasteiger partial charge in [-0.3, -0.25) is 9.69 Å². The Morgan fingerprint density at radius 3 is 2.35 bits per heavy atom. The summed E-state index contributed by atoms with van der Waals surface area (Å²) in [6.07, 6.45) is -4.73. The lowest BCUT2D eigenvalue weighted by molar-refractivity contribution is -0.274. The maximum absolute atomic E-state index is 12.1. The molecule has 0 aromatic heterocycles. The number of nitrogens with one attached hydrogen (secondary N) is 2. The highest BCUT2D eigenvalue weighted by molar-refractivity contribution is 7.80. The molecule has 144 valence electrons. The smallest absolute Gasteiger partial charge is 0.406 e. The monoisotopic (exact) mass is 390 g/mol. The molecule has 2 rings (SSSR count). The lowest BCUT2D eigenvalue weighted by atomic mass is 10.3. The van der Waals surface area contributed by atoms with Gasteiger partial charge in [-0.2, -0.15) is 0 Å². The summed E-state index contributed by atoms with van der Waals surface area (Å²) in [4.78, 5) is 16.2. The van der Waals surface area contributed by atoms with Gasteiger partial charge in [-0.25, -0.2) is 0 Å². The Morgan fingerprint density at radius 2 is 1.81 bits per heavy atom. The molecule has 0 atom stereocenters. The number of carbonyl (C=O) groups is 1. The zero-order valence-electron chi connectivity index (χ0n) is 14.3. The fourth-order valence-corrected chi connectivity index (χ4v) is 2.84. The molecule has 0 aliphatic carbocycles. The molecule has 1 fully saturated rings. The maximum Gasteiger partial charge on any atom is 0.573 e. The van der Waals surface area contributed by atoms with Crippen LogP contribution in [0.4, 0.5) is 18.9 Å². The molecule has 0 radical (unpaired) electrons. The van der Waals surface area contributed by atoms with E-state index in [1.807, 2.05) is 11.8 Å². The van der Waals surface area contributed by atoms with Crippen molar-refractivity contribution in [2.75, 3.05) is 44.6 Å². The summed E-state index contributed by atoms with van der Waals surface area (Å²) < 4.78 is 40.1. The lowest BCUT2D eigenvalue weighted by Crippen LogP contribution is -2.52. The Labute approximate surface area is 155 Å². The summed E-state index contributed by atoms with van der Waals surface area (Å²) in [7, 11) is 0. The van der Waals surface area contributed by atoms with Crippen LogP contribution in [-0.2, 0) is 4.79 Å². The zero-order valence-corrected chi connectivity index (χ0v) is 15.1. The van der Waals surface area contributed by atoms with Crippen molar-refractivity contribution in [3.8, 4) is 5.75 Å². The molecule has 1 aromatic carbocycles. The van der Waals surface area contributed by atoms with Gasteiger partial charge in [-0.15, -0.1) is 13.2 Å². The fourth-order valence-electron chi connectivity index (χ4n) is 2.52. The molecule has 26 heavy (non-hydrogen) atoms. The van der Waals surface area contributed by atoms with E-state index in [1.54, 1.807) is 0 Å². The van der Waals surface area contributed by atoms with Crippen LogP contribution in [0.3, 0.4) is 0 Å². The second-order valence-corrected chi connectivity index (χ2v) is 6.11. The van der Waals surface area contributed by atoms with Crippen LogP contribution in [0.5, 0.6) is 5.75 Å². The first-order valence-electron chi connectivity index (χ1n) is 8.17. The molecule has 2 N–H and O–H groups in total. The Balaban J connectivity index is 1.76. The highest BCUT2D eigenvalue weighted by atomic mass is 32.1. The van der Waals surface area contributed by atoms with Gasteiger partial charge in [0.15, 0.2) is 5.11 Å². The van der Waals surface area contributed by atoms with Gasteiger partial charge in [0.05, 0.1) is 6.54 Å². The van der Waals surface area contributed by atoms with Crippen molar-refractivity contribution in [1.82, 2.24) is 15.1 Å². The van der Waals surface area contributed by atoms with E-state index in [4.69, 9.17) is 12.2 Å². The molecule has 6 nitrogen and oxygen atoms in total. The number of anilines is 1. The summed E-state index contributed by atoms with van der Waals surface area (Å²) in [5, 5.41) is 6.49. The molecule has 1 aromatic rings. The summed E-state index contributed by atoms with van der Waals surface area (Å²) in [5.74, 6) is -0.555. The minimum absolute atomic E-state index is 0.211. The van der Waals surface area contributed by atoms with E-state index < -0.39 is 6.36 Å². The fraction of sp³-hybridized carbons (Fsp3) is 0.500. The third-order valence-corrected chi connectivity index (χ3v) is 4.13. The molecular weight excluding hydrogens is 369 g/mol. The standard InChI is InChI=1S/C16H21F3N4O2S/c1-2-20-15(26)23-9-7-22(8-10-23)11-14(24)21-12-3-5-13(6-4-12)25-16(17,18)19/h3-6H,2,7-11H2,1H3,(H,20,26)(H,21,24). The van der Waals surface area contributed by atoms with Crippen LogP contribution in [0.25, 0.3) is 0 Å². The number of hydrogen-bond acceptors (Lipinski definition) is 4. The molecule has 0 bridgehead atoms. The third kappa shape index (κ3) is 6.68. The first-order valence-corrected chi connectivity index (χ1v) is 8.58. The minimum atomic E-state index is -4.73. The molecule has 0 spiro atoms. The number of thiocarbonyl (C=S) groups is 1. The largest absolute Gasteiger partial charge is 0.573 e. The molecule has 10 heteroatoms. The zero-order chi connectivity index (χ0) is 19.2. The normalized spacial score (nSPS) is 15.5. The van der Waals surface area contributed by atoms with E-state index in [2.05, 4.69) is 20.3 Å². The summed E-state index contributed by atoms with van der Waals surface area (Å²) >= 11 is 5.27. The van der Waals surface area contributed by atoms with Crippen molar-refractivity contribution in [3.63, 3.8) is 0 Å². The number of halogens is 3. The van der Waals surface area contributed by atoms with Gasteiger partial charge in [0.2, 0.25) is 5.91 Å². The molecule has 1 aliphatic heterocycles. The predicted octanol–water partition coefficient (Wildman–Crippen LogP) is 2.04. The van der Waals surface area contributed by atoms with E-state index in [9.17, 15) is 18.0 Å². The van der Waals surface area contributed by atoms with Crippen LogP contribution >= 0.6 is 12.2 Å². The quantitative estimate of drug-likeness (QED) is 0.751. The number of hydrogen-bond donors (Lipinski definition) is 2. The average molecular weight is 390 g/mol. The van der Waals surface area contributed by atoms with Crippen LogP contribution in [0.2, 0.25) is 0 Å². The number of nitrogens with zero attached hydrogens (tertiary/aromatic N) is 2. The average Bonchev–Trinajstić information content (AvgIpc) is 2.56. The molecule has 1 saturated heterocycles. The first-order chi connectivity index (χ1) is 12.3. The van der Waals surface area contributed by atoms with Gasteiger partial charge in [0.1, 0.15) is 5.75 Å². The summed E-state index contributed by atoms with van der Waals surface area (Å²) in [5.41, 5.74) is 0.413. The van der Waals surface area contributed by atoms with E-state index in [0.29, 0.717) is 18.8 Å². The van der Waals surface area contributed by atoms with Crippen molar-refractivity contribution >= 4 is 28.9 Å². The van der Waals surface area contributed by atoms with Crippen molar-refractivity contribution in [2.45, 2.75) is 13.3 Å². The number of ether oxygens (including phenoxy) is 1. The van der Waals surface area contributed by atoms with Gasteiger partial charge >= 0.3 is 6.36 Å². The van der Waals surface area contributed by atoms with Crippen molar-refractivity contribution < 1.29 is 22.7 Å². The van der Waals surface area contributed by atoms with Crippen LogP contribution in [0.1, 0.15) is 6.92 Å². The summed E-state index contributed by atoms with van der Waals surface area (Å²) in [6.45, 7) is 5.85. The number of amides is 1. The van der Waals surface area contributed by atoms with Gasteiger partial charge in [0, 0.05) is 38.4 Å². The molecule has 1 amide bonds. The van der Waals surface area contributed by atoms with E-state index in [0.717, 1.165) is 36.9 Å². The number of piperazine rings is 1. The predicted molar refractivity (Wildman–Crippen MR) is 96.0 cm³/mol. The minimum Gasteiger partial charge on any atom is -0.406 e. The van der Waals surface area contributed by atoms with Gasteiger partial charge in [-0.1, -0.05) is 0 Å². The second-order valence-electron chi connectivity index (χ2n) is 5.72. The highest BCUT2D eigenvalue weighted by Gasteiger charge is 2.31. The maximum atomic E-state index is 12.1. The van der Waals surface area contributed by atoms with E-state index >= 15 is 0 Å². The first kappa shape index (κ1) is 20.2. The Kier molecular flexibility index (Phi) is 7.04. The second kappa shape index (κ2) is 9.04.